The number of amides is 2. The first kappa shape index (κ1) is 16.7. The maximum atomic E-state index is 11.9. The molecule has 1 rings (SSSR count). The zero-order valence-corrected chi connectivity index (χ0v) is 12.4. The summed E-state index contributed by atoms with van der Waals surface area (Å²) >= 11 is 0. The van der Waals surface area contributed by atoms with E-state index < -0.39 is 0 Å². The molecule has 1 aromatic rings. The van der Waals surface area contributed by atoms with Crippen LogP contribution < -0.4 is 5.32 Å². The Hall–Kier alpha value is -2.31. The van der Waals surface area contributed by atoms with Crippen molar-refractivity contribution in [1.82, 2.24) is 10.2 Å². The Kier molecular flexibility index (Phi) is 6.45. The van der Waals surface area contributed by atoms with Gasteiger partial charge in [0, 0.05) is 26.6 Å². The highest BCUT2D eigenvalue weighted by atomic mass is 16.5. The lowest BCUT2D eigenvalue weighted by Crippen LogP contribution is -2.36. The number of ether oxygens (including phenoxy) is 1. The highest BCUT2D eigenvalue weighted by Gasteiger charge is 2.18. The molecule has 0 aliphatic heterocycles. The van der Waals surface area contributed by atoms with Gasteiger partial charge in [-0.05, 0) is 6.07 Å². The average Bonchev–Trinajstić information content (AvgIpc) is 3.00. The van der Waals surface area contributed by atoms with Crippen molar-refractivity contribution in [2.45, 2.75) is 13.3 Å². The van der Waals surface area contributed by atoms with Crippen molar-refractivity contribution < 1.29 is 23.5 Å². The van der Waals surface area contributed by atoms with E-state index in [1.807, 2.05) is 0 Å². The Morgan fingerprint density at radius 3 is 2.71 bits per heavy atom. The lowest BCUT2D eigenvalue weighted by atomic mass is 10.1. The van der Waals surface area contributed by atoms with Gasteiger partial charge < -0.3 is 19.4 Å². The normalized spacial score (nSPS) is 11.6. The maximum Gasteiger partial charge on any atom is 0.310 e. The topological polar surface area (TPSA) is 88.9 Å². The van der Waals surface area contributed by atoms with Crippen molar-refractivity contribution in [3.8, 4) is 0 Å². The third kappa shape index (κ3) is 5.29. The van der Waals surface area contributed by atoms with E-state index in [1.54, 1.807) is 20.0 Å². The van der Waals surface area contributed by atoms with E-state index in [0.717, 1.165) is 0 Å². The quantitative estimate of drug-likeness (QED) is 0.747. The molecule has 0 fully saturated rings. The summed E-state index contributed by atoms with van der Waals surface area (Å²) in [5, 5.41) is 2.62. The van der Waals surface area contributed by atoms with Crippen molar-refractivity contribution in [3.63, 3.8) is 0 Å². The molecule has 0 bridgehead atoms. The summed E-state index contributed by atoms with van der Waals surface area (Å²) in [5.74, 6) is -1.19. The SMILES string of the molecule is COC(=O)C(C)CN(C)C(=O)CCNC(=O)c1ccoc1. The predicted molar refractivity (Wildman–Crippen MR) is 74.5 cm³/mol. The molecular weight excluding hydrogens is 276 g/mol. The molecule has 0 saturated heterocycles. The molecule has 2 amide bonds. The second-order valence-corrected chi connectivity index (χ2v) is 4.72. The largest absolute Gasteiger partial charge is 0.472 e. The van der Waals surface area contributed by atoms with Crippen molar-refractivity contribution in [2.24, 2.45) is 5.92 Å². The minimum Gasteiger partial charge on any atom is -0.472 e. The number of carbonyl (C=O) groups excluding carboxylic acids is 3. The summed E-state index contributed by atoms with van der Waals surface area (Å²) in [7, 11) is 2.92. The maximum absolute atomic E-state index is 11.9. The van der Waals surface area contributed by atoms with Gasteiger partial charge in [0.05, 0.1) is 24.9 Å². The fourth-order valence-corrected chi connectivity index (χ4v) is 1.76. The second-order valence-electron chi connectivity index (χ2n) is 4.72. The highest BCUT2D eigenvalue weighted by molar-refractivity contribution is 5.94. The van der Waals surface area contributed by atoms with Gasteiger partial charge in [0.1, 0.15) is 6.26 Å². The third-order valence-corrected chi connectivity index (χ3v) is 2.98. The number of carbonyl (C=O) groups is 3. The molecule has 116 valence electrons. The van der Waals surface area contributed by atoms with Gasteiger partial charge in [-0.25, -0.2) is 0 Å². The fraction of sp³-hybridized carbons (Fsp3) is 0.500. The monoisotopic (exact) mass is 296 g/mol. The molecule has 0 aliphatic carbocycles. The van der Waals surface area contributed by atoms with Crippen molar-refractivity contribution in [1.29, 1.82) is 0 Å². The lowest BCUT2D eigenvalue weighted by Gasteiger charge is -2.20. The molecule has 0 spiro atoms. The van der Waals surface area contributed by atoms with Crippen LogP contribution in [0.15, 0.2) is 23.0 Å². The third-order valence-electron chi connectivity index (χ3n) is 2.98. The van der Waals surface area contributed by atoms with Crippen LogP contribution in [0.2, 0.25) is 0 Å². The number of methoxy groups -OCH3 is 1. The molecule has 21 heavy (non-hydrogen) atoms. The molecule has 0 aliphatic rings. The minimum atomic E-state index is -0.385. The number of rotatable bonds is 7. The predicted octanol–water partition coefficient (Wildman–Crippen LogP) is 0.667. The number of hydrogen-bond acceptors (Lipinski definition) is 5. The molecular formula is C14H20N2O5. The number of hydrogen-bond donors (Lipinski definition) is 1. The summed E-state index contributed by atoms with van der Waals surface area (Å²) in [4.78, 5) is 36.2. The average molecular weight is 296 g/mol. The molecule has 0 saturated carbocycles. The standard InChI is InChI=1S/C14H20N2O5/c1-10(14(19)20-3)8-16(2)12(17)4-6-15-13(18)11-5-7-21-9-11/h5,7,9-10H,4,6,8H2,1-3H3,(H,15,18). The van der Waals surface area contributed by atoms with E-state index in [1.165, 1.54) is 24.5 Å². The number of furan rings is 1. The van der Waals surface area contributed by atoms with Gasteiger partial charge in [0.2, 0.25) is 5.91 Å². The van der Waals surface area contributed by atoms with Gasteiger partial charge in [-0.3, -0.25) is 14.4 Å². The Morgan fingerprint density at radius 2 is 2.14 bits per heavy atom. The van der Waals surface area contributed by atoms with E-state index in [0.29, 0.717) is 5.56 Å². The molecule has 0 aromatic carbocycles. The van der Waals surface area contributed by atoms with Gasteiger partial charge in [-0.2, -0.15) is 0 Å². The zero-order chi connectivity index (χ0) is 15.8. The summed E-state index contributed by atoms with van der Waals surface area (Å²) in [5.41, 5.74) is 0.412. The Bertz CT molecular complexity index is 484. The minimum absolute atomic E-state index is 0.154. The van der Waals surface area contributed by atoms with Crippen LogP contribution in [0.3, 0.4) is 0 Å². The summed E-state index contributed by atoms with van der Waals surface area (Å²) in [6, 6.07) is 1.54. The molecule has 1 aromatic heterocycles. The van der Waals surface area contributed by atoms with Gasteiger partial charge in [0.15, 0.2) is 0 Å². The first-order valence-corrected chi connectivity index (χ1v) is 6.58. The summed E-state index contributed by atoms with van der Waals surface area (Å²) < 4.78 is 9.40. The van der Waals surface area contributed by atoms with E-state index in [4.69, 9.17) is 4.42 Å². The van der Waals surface area contributed by atoms with Crippen LogP contribution in [0.1, 0.15) is 23.7 Å². The van der Waals surface area contributed by atoms with Gasteiger partial charge >= 0.3 is 5.97 Å². The lowest BCUT2D eigenvalue weighted by molar-refractivity contribution is -0.146. The second kappa shape index (κ2) is 8.08. The van der Waals surface area contributed by atoms with Crippen LogP contribution in [0.25, 0.3) is 0 Å². The molecule has 1 atom stereocenters. The van der Waals surface area contributed by atoms with Gasteiger partial charge in [0.25, 0.3) is 5.91 Å². The summed E-state index contributed by atoms with van der Waals surface area (Å²) in [6.45, 7) is 2.19. The van der Waals surface area contributed by atoms with Crippen LogP contribution in [0, 0.1) is 5.92 Å². The number of esters is 1. The van der Waals surface area contributed by atoms with Crippen molar-refractivity contribution in [3.05, 3.63) is 24.2 Å². The Morgan fingerprint density at radius 1 is 1.43 bits per heavy atom. The highest BCUT2D eigenvalue weighted by Crippen LogP contribution is 2.03. The van der Waals surface area contributed by atoms with Gasteiger partial charge in [-0.1, -0.05) is 6.92 Å². The molecule has 1 N–H and O–H groups in total. The van der Waals surface area contributed by atoms with Crippen molar-refractivity contribution >= 4 is 17.8 Å². The Labute approximate surface area is 123 Å². The van der Waals surface area contributed by atoms with Crippen molar-refractivity contribution in [2.75, 3.05) is 27.2 Å². The van der Waals surface area contributed by atoms with E-state index in [-0.39, 0.29) is 43.2 Å². The van der Waals surface area contributed by atoms with Crippen LogP contribution in [-0.4, -0.2) is 49.9 Å². The summed E-state index contributed by atoms with van der Waals surface area (Å²) in [6.07, 6.45) is 2.90. The van der Waals surface area contributed by atoms with E-state index >= 15 is 0 Å². The first-order valence-electron chi connectivity index (χ1n) is 6.58. The van der Waals surface area contributed by atoms with Crippen LogP contribution in [-0.2, 0) is 14.3 Å². The molecule has 1 unspecified atom stereocenters. The zero-order valence-electron chi connectivity index (χ0n) is 12.4. The molecule has 0 radical (unpaired) electrons. The van der Waals surface area contributed by atoms with Crippen LogP contribution >= 0.6 is 0 Å². The Balaban J connectivity index is 2.30. The van der Waals surface area contributed by atoms with E-state index in [2.05, 4.69) is 10.1 Å². The molecule has 1 heterocycles. The molecule has 7 nitrogen and oxygen atoms in total. The fourth-order valence-electron chi connectivity index (χ4n) is 1.76. The van der Waals surface area contributed by atoms with Gasteiger partial charge in [-0.15, -0.1) is 0 Å². The van der Waals surface area contributed by atoms with E-state index in [9.17, 15) is 14.4 Å². The number of nitrogens with one attached hydrogen (secondary N) is 1. The smallest absolute Gasteiger partial charge is 0.310 e. The van der Waals surface area contributed by atoms with Crippen LogP contribution in [0.4, 0.5) is 0 Å². The number of nitrogens with zero attached hydrogens (tertiary/aromatic N) is 1. The molecule has 7 heteroatoms. The first-order chi connectivity index (χ1) is 9.95. The van der Waals surface area contributed by atoms with Crippen LogP contribution in [0.5, 0.6) is 0 Å².